The Hall–Kier alpha value is -3.24. The van der Waals surface area contributed by atoms with E-state index >= 15 is 0 Å². The standard InChI is InChI=1S/C21H26N6O4/c1-24-19-18(20(29)25(2)21(24)30)27(14-22-19)13-17(28)23-16(15-6-4-3-5-7-15)12-26-8-10-31-11-9-26/h3-7,14,16H,8-13H2,1-2H3,(H,23,28)/t16-/m1/s1. The summed E-state index contributed by atoms with van der Waals surface area (Å²) in [4.78, 5) is 44.1. The van der Waals surface area contributed by atoms with Gasteiger partial charge >= 0.3 is 5.69 Å². The van der Waals surface area contributed by atoms with E-state index in [1.54, 1.807) is 7.05 Å². The minimum absolute atomic E-state index is 0.0730. The summed E-state index contributed by atoms with van der Waals surface area (Å²) in [5.41, 5.74) is 0.562. The van der Waals surface area contributed by atoms with E-state index in [9.17, 15) is 14.4 Å². The Balaban J connectivity index is 1.57. The third-order valence-corrected chi connectivity index (χ3v) is 5.61. The number of hydrogen-bond acceptors (Lipinski definition) is 6. The van der Waals surface area contributed by atoms with Crippen molar-refractivity contribution in [2.45, 2.75) is 12.6 Å². The van der Waals surface area contributed by atoms with Gasteiger partial charge in [-0.25, -0.2) is 9.78 Å². The summed E-state index contributed by atoms with van der Waals surface area (Å²) < 4.78 is 9.23. The van der Waals surface area contributed by atoms with Gasteiger partial charge in [0.25, 0.3) is 5.56 Å². The lowest BCUT2D eigenvalue weighted by atomic mass is 10.1. The van der Waals surface area contributed by atoms with Crippen molar-refractivity contribution in [2.24, 2.45) is 14.1 Å². The van der Waals surface area contributed by atoms with E-state index in [1.807, 2.05) is 30.3 Å². The highest BCUT2D eigenvalue weighted by Gasteiger charge is 2.21. The van der Waals surface area contributed by atoms with E-state index in [-0.39, 0.29) is 29.7 Å². The fourth-order valence-corrected chi connectivity index (χ4v) is 3.87. The normalized spacial score (nSPS) is 15.8. The van der Waals surface area contributed by atoms with E-state index in [0.717, 1.165) is 23.2 Å². The van der Waals surface area contributed by atoms with Gasteiger partial charge in [0, 0.05) is 33.7 Å². The molecule has 164 valence electrons. The van der Waals surface area contributed by atoms with Crippen LogP contribution in [-0.2, 0) is 30.2 Å². The molecule has 10 nitrogen and oxygen atoms in total. The Morgan fingerprint density at radius 1 is 1.13 bits per heavy atom. The fraction of sp³-hybridized carbons (Fsp3) is 0.429. The van der Waals surface area contributed by atoms with Gasteiger partial charge in [-0.15, -0.1) is 0 Å². The number of fused-ring (bicyclic) bond motifs is 1. The number of carbonyl (C=O) groups excluding carboxylic acids is 1. The number of morpholine rings is 1. The Morgan fingerprint density at radius 2 is 1.84 bits per heavy atom. The van der Waals surface area contributed by atoms with Gasteiger partial charge in [0.2, 0.25) is 5.91 Å². The minimum Gasteiger partial charge on any atom is -0.379 e. The Kier molecular flexibility index (Phi) is 6.01. The first kappa shape index (κ1) is 21.0. The van der Waals surface area contributed by atoms with Crippen LogP contribution >= 0.6 is 0 Å². The predicted octanol–water partition coefficient (Wildman–Crippen LogP) is -0.377. The molecule has 1 N–H and O–H groups in total. The molecule has 31 heavy (non-hydrogen) atoms. The number of nitrogens with one attached hydrogen (secondary N) is 1. The van der Waals surface area contributed by atoms with Crippen molar-refractivity contribution >= 4 is 17.1 Å². The molecule has 2 aromatic heterocycles. The van der Waals surface area contributed by atoms with E-state index in [2.05, 4.69) is 15.2 Å². The van der Waals surface area contributed by atoms with Gasteiger partial charge in [0.1, 0.15) is 6.54 Å². The maximum atomic E-state index is 12.9. The van der Waals surface area contributed by atoms with E-state index < -0.39 is 11.2 Å². The third-order valence-electron chi connectivity index (χ3n) is 5.61. The summed E-state index contributed by atoms with van der Waals surface area (Å²) in [5, 5.41) is 3.10. The van der Waals surface area contributed by atoms with Crippen LogP contribution in [-0.4, -0.2) is 62.3 Å². The number of amides is 1. The highest BCUT2D eigenvalue weighted by molar-refractivity contribution is 5.79. The largest absolute Gasteiger partial charge is 0.379 e. The van der Waals surface area contributed by atoms with Crippen LogP contribution in [0, 0.1) is 0 Å². The second-order valence-electron chi connectivity index (χ2n) is 7.69. The highest BCUT2D eigenvalue weighted by Crippen LogP contribution is 2.16. The summed E-state index contributed by atoms with van der Waals surface area (Å²) in [5.74, 6) is -0.239. The van der Waals surface area contributed by atoms with E-state index in [4.69, 9.17) is 4.74 Å². The first-order valence-corrected chi connectivity index (χ1v) is 10.2. The van der Waals surface area contributed by atoms with Gasteiger partial charge in [-0.3, -0.25) is 23.6 Å². The number of benzene rings is 1. The maximum absolute atomic E-state index is 12.9. The number of hydrogen-bond donors (Lipinski definition) is 1. The Bertz CT molecular complexity index is 1190. The molecule has 1 amide bonds. The van der Waals surface area contributed by atoms with E-state index in [0.29, 0.717) is 19.8 Å². The lowest BCUT2D eigenvalue weighted by Crippen LogP contribution is -2.44. The van der Waals surface area contributed by atoms with Crippen LogP contribution in [0.3, 0.4) is 0 Å². The van der Waals surface area contributed by atoms with Gasteiger partial charge in [0.05, 0.1) is 25.6 Å². The lowest BCUT2D eigenvalue weighted by Gasteiger charge is -2.31. The molecule has 3 aromatic rings. The predicted molar refractivity (Wildman–Crippen MR) is 115 cm³/mol. The molecule has 1 aliphatic rings. The third kappa shape index (κ3) is 4.30. The van der Waals surface area contributed by atoms with Crippen molar-refractivity contribution < 1.29 is 9.53 Å². The quantitative estimate of drug-likeness (QED) is 0.577. The molecule has 0 aliphatic carbocycles. The van der Waals surface area contributed by atoms with Crippen molar-refractivity contribution in [2.75, 3.05) is 32.8 Å². The van der Waals surface area contributed by atoms with Gasteiger partial charge in [-0.1, -0.05) is 30.3 Å². The van der Waals surface area contributed by atoms with Crippen molar-refractivity contribution in [1.82, 2.24) is 28.9 Å². The SMILES string of the molecule is Cn1c(=O)c2c(ncn2CC(=O)N[C@H](CN2CCOCC2)c2ccccc2)n(C)c1=O. The topological polar surface area (TPSA) is 103 Å². The van der Waals surface area contributed by atoms with Crippen LogP contribution in [0.5, 0.6) is 0 Å². The van der Waals surface area contributed by atoms with Gasteiger partial charge in [0.15, 0.2) is 11.2 Å². The number of aromatic nitrogens is 4. The summed E-state index contributed by atoms with van der Waals surface area (Å²) in [6.45, 7) is 3.58. The molecule has 1 saturated heterocycles. The Morgan fingerprint density at radius 3 is 2.55 bits per heavy atom. The molecule has 0 radical (unpaired) electrons. The summed E-state index contributed by atoms with van der Waals surface area (Å²) in [7, 11) is 2.96. The molecule has 0 unspecified atom stereocenters. The molecular formula is C21H26N6O4. The first-order chi connectivity index (χ1) is 15.0. The average Bonchev–Trinajstić information content (AvgIpc) is 3.20. The number of rotatable bonds is 6. The van der Waals surface area contributed by atoms with Crippen LogP contribution in [0.25, 0.3) is 11.2 Å². The zero-order valence-electron chi connectivity index (χ0n) is 17.7. The monoisotopic (exact) mass is 426 g/mol. The van der Waals surface area contributed by atoms with Gasteiger partial charge in [-0.2, -0.15) is 0 Å². The second-order valence-corrected chi connectivity index (χ2v) is 7.69. The van der Waals surface area contributed by atoms with Crippen molar-refractivity contribution in [3.63, 3.8) is 0 Å². The number of ether oxygens (including phenoxy) is 1. The number of nitrogens with zero attached hydrogens (tertiary/aromatic N) is 5. The van der Waals surface area contributed by atoms with Crippen molar-refractivity contribution in [3.8, 4) is 0 Å². The maximum Gasteiger partial charge on any atom is 0.332 e. The molecule has 1 aromatic carbocycles. The molecule has 0 saturated carbocycles. The first-order valence-electron chi connectivity index (χ1n) is 10.2. The lowest BCUT2D eigenvalue weighted by molar-refractivity contribution is -0.122. The van der Waals surface area contributed by atoms with Gasteiger partial charge < -0.3 is 14.6 Å². The summed E-state index contributed by atoms with van der Waals surface area (Å²) >= 11 is 0. The molecule has 1 fully saturated rings. The molecular weight excluding hydrogens is 400 g/mol. The molecule has 1 atom stereocenters. The van der Waals surface area contributed by atoms with Crippen molar-refractivity contribution in [1.29, 1.82) is 0 Å². The molecule has 10 heteroatoms. The highest BCUT2D eigenvalue weighted by atomic mass is 16.5. The second kappa shape index (κ2) is 8.86. The molecule has 4 rings (SSSR count). The molecule has 1 aliphatic heterocycles. The number of carbonyl (C=O) groups is 1. The molecule has 0 spiro atoms. The summed E-state index contributed by atoms with van der Waals surface area (Å²) in [6.07, 6.45) is 1.42. The van der Waals surface area contributed by atoms with Crippen molar-refractivity contribution in [3.05, 3.63) is 63.1 Å². The zero-order chi connectivity index (χ0) is 22.0. The minimum atomic E-state index is -0.476. The van der Waals surface area contributed by atoms with Crippen LogP contribution in [0.2, 0.25) is 0 Å². The smallest absolute Gasteiger partial charge is 0.332 e. The van der Waals surface area contributed by atoms with Crippen LogP contribution in [0.1, 0.15) is 11.6 Å². The average molecular weight is 426 g/mol. The fourth-order valence-electron chi connectivity index (χ4n) is 3.87. The van der Waals surface area contributed by atoms with Gasteiger partial charge in [-0.05, 0) is 5.56 Å². The van der Waals surface area contributed by atoms with Crippen LogP contribution < -0.4 is 16.6 Å². The number of imidazole rings is 1. The zero-order valence-corrected chi connectivity index (χ0v) is 17.7. The van der Waals surface area contributed by atoms with E-state index in [1.165, 1.54) is 22.5 Å². The Labute approximate surface area is 178 Å². The van der Waals surface area contributed by atoms with Crippen LogP contribution in [0.15, 0.2) is 46.2 Å². The molecule has 3 heterocycles. The number of aryl methyl sites for hydroxylation is 1. The summed E-state index contributed by atoms with van der Waals surface area (Å²) in [6, 6.07) is 9.61. The van der Waals surface area contributed by atoms with Crippen LogP contribution in [0.4, 0.5) is 0 Å². The molecule has 0 bridgehead atoms.